The molecule has 2 aromatic rings. The highest BCUT2D eigenvalue weighted by molar-refractivity contribution is 7.10. The van der Waals surface area contributed by atoms with E-state index in [-0.39, 0.29) is 37.4 Å². The van der Waals surface area contributed by atoms with E-state index in [1.165, 1.54) is 11.3 Å². The predicted octanol–water partition coefficient (Wildman–Crippen LogP) is 2.51. The molecule has 1 N–H and O–H groups in total. The van der Waals surface area contributed by atoms with Crippen molar-refractivity contribution in [3.8, 4) is 0 Å². The van der Waals surface area contributed by atoms with Gasteiger partial charge in [-0.15, -0.1) is 11.3 Å². The molecule has 0 saturated heterocycles. The van der Waals surface area contributed by atoms with Crippen LogP contribution in [0, 0.1) is 0 Å². The van der Waals surface area contributed by atoms with Crippen LogP contribution in [0.2, 0.25) is 0 Å². The van der Waals surface area contributed by atoms with E-state index in [9.17, 15) is 14.4 Å². The van der Waals surface area contributed by atoms with Crippen LogP contribution in [0.3, 0.4) is 0 Å². The number of thiophene rings is 1. The van der Waals surface area contributed by atoms with E-state index in [0.29, 0.717) is 12.1 Å². The van der Waals surface area contributed by atoms with Gasteiger partial charge in [0.1, 0.15) is 6.54 Å². The minimum atomic E-state index is -0.474. The maximum absolute atomic E-state index is 12.8. The number of carbonyl (C=O) groups is 3. The first-order valence-electron chi connectivity index (χ1n) is 8.44. The van der Waals surface area contributed by atoms with Crippen LogP contribution in [0.5, 0.6) is 0 Å². The van der Waals surface area contributed by atoms with E-state index in [1.807, 2.05) is 41.8 Å². The van der Waals surface area contributed by atoms with E-state index in [0.717, 1.165) is 10.4 Å². The van der Waals surface area contributed by atoms with Crippen molar-refractivity contribution in [1.82, 2.24) is 10.2 Å². The molecule has 0 spiro atoms. The second-order valence-electron chi connectivity index (χ2n) is 5.91. The molecule has 1 aliphatic heterocycles. The lowest BCUT2D eigenvalue weighted by atomic mass is 10.1. The van der Waals surface area contributed by atoms with Crippen LogP contribution in [0.4, 0.5) is 0 Å². The van der Waals surface area contributed by atoms with Gasteiger partial charge in [-0.05, 0) is 30.0 Å². The van der Waals surface area contributed by atoms with Gasteiger partial charge >= 0.3 is 5.97 Å². The third-order valence-electron chi connectivity index (χ3n) is 4.21. The van der Waals surface area contributed by atoms with Gasteiger partial charge in [-0.2, -0.15) is 0 Å². The Morgan fingerprint density at radius 2 is 2.08 bits per heavy atom. The molecule has 7 heteroatoms. The van der Waals surface area contributed by atoms with Crippen molar-refractivity contribution < 1.29 is 19.1 Å². The quantitative estimate of drug-likeness (QED) is 0.758. The highest BCUT2D eigenvalue weighted by Crippen LogP contribution is 2.35. The second-order valence-corrected chi connectivity index (χ2v) is 6.89. The highest BCUT2D eigenvalue weighted by atomic mass is 32.1. The van der Waals surface area contributed by atoms with Gasteiger partial charge in [0.25, 0.3) is 5.91 Å². The van der Waals surface area contributed by atoms with E-state index in [2.05, 4.69) is 5.32 Å². The Morgan fingerprint density at radius 1 is 1.27 bits per heavy atom. The van der Waals surface area contributed by atoms with Crippen molar-refractivity contribution in [2.45, 2.75) is 25.9 Å². The average molecular weight is 372 g/mol. The van der Waals surface area contributed by atoms with E-state index < -0.39 is 5.97 Å². The Bertz CT molecular complexity index is 804. The number of carbonyl (C=O) groups excluding carboxylic acids is 3. The molecule has 0 unspecified atom stereocenters. The Balaban J connectivity index is 1.73. The van der Waals surface area contributed by atoms with E-state index in [1.54, 1.807) is 11.8 Å². The maximum atomic E-state index is 12.8. The monoisotopic (exact) mass is 372 g/mol. The first-order valence-corrected chi connectivity index (χ1v) is 9.32. The lowest BCUT2D eigenvalue weighted by molar-refractivity contribution is -0.143. The fourth-order valence-electron chi connectivity index (χ4n) is 3.00. The molecule has 0 radical (unpaired) electrons. The molecule has 1 aromatic carbocycles. The maximum Gasteiger partial charge on any atom is 0.325 e. The van der Waals surface area contributed by atoms with Crippen LogP contribution >= 0.6 is 11.3 Å². The predicted molar refractivity (Wildman–Crippen MR) is 97.6 cm³/mol. The first kappa shape index (κ1) is 18.1. The summed E-state index contributed by atoms with van der Waals surface area (Å²) in [6, 6.07) is 10.9. The molecule has 3 rings (SSSR count). The summed E-state index contributed by atoms with van der Waals surface area (Å²) < 4.78 is 4.81. The fraction of sp³-hybridized carbons (Fsp3) is 0.316. The van der Waals surface area contributed by atoms with Gasteiger partial charge in [-0.3, -0.25) is 14.4 Å². The van der Waals surface area contributed by atoms with Crippen LogP contribution in [0.1, 0.15) is 40.2 Å². The number of nitrogens with one attached hydrogen (secondary N) is 1. The molecule has 1 aliphatic rings. The number of ether oxygens (including phenoxy) is 1. The van der Waals surface area contributed by atoms with Gasteiger partial charge in [0, 0.05) is 17.0 Å². The molecule has 0 fully saturated rings. The second kappa shape index (κ2) is 8.14. The molecule has 0 bridgehead atoms. The lowest BCUT2D eigenvalue weighted by Crippen LogP contribution is -2.36. The molecule has 6 nitrogen and oxygen atoms in total. The van der Waals surface area contributed by atoms with Crippen molar-refractivity contribution >= 4 is 29.1 Å². The number of rotatable bonds is 7. The number of fused-ring (bicyclic) bond motifs is 1. The van der Waals surface area contributed by atoms with Crippen LogP contribution < -0.4 is 5.32 Å². The van der Waals surface area contributed by atoms with Gasteiger partial charge in [-0.25, -0.2) is 0 Å². The van der Waals surface area contributed by atoms with Gasteiger partial charge in [0.15, 0.2) is 0 Å². The Hall–Kier alpha value is -2.67. The molecule has 2 heterocycles. The standard InChI is InChI=1S/C19H20N2O4S/c1-2-25-18(23)11-20-17(22)10-15(16-8-5-9-26-16)21-12-13-6-3-4-7-14(13)19(21)24/h3-9,15H,2,10-12H2,1H3,(H,20,22)/t15-/m1/s1. The average Bonchev–Trinajstić information content (AvgIpc) is 3.27. The number of hydrogen-bond acceptors (Lipinski definition) is 5. The summed E-state index contributed by atoms with van der Waals surface area (Å²) in [5, 5.41) is 4.50. The first-order chi connectivity index (χ1) is 12.6. The topological polar surface area (TPSA) is 75.7 Å². The third-order valence-corrected chi connectivity index (χ3v) is 5.18. The summed E-state index contributed by atoms with van der Waals surface area (Å²) in [7, 11) is 0. The molecule has 0 saturated carbocycles. The van der Waals surface area contributed by atoms with Crippen LogP contribution in [-0.2, 0) is 20.9 Å². The molecule has 1 aromatic heterocycles. The number of hydrogen-bond donors (Lipinski definition) is 1. The summed E-state index contributed by atoms with van der Waals surface area (Å²) in [6.45, 7) is 2.29. The van der Waals surface area contributed by atoms with Crippen LogP contribution in [0.15, 0.2) is 41.8 Å². The van der Waals surface area contributed by atoms with Crippen molar-refractivity contribution in [3.05, 3.63) is 57.8 Å². The zero-order valence-corrected chi connectivity index (χ0v) is 15.3. The van der Waals surface area contributed by atoms with Crippen molar-refractivity contribution in [1.29, 1.82) is 0 Å². The zero-order chi connectivity index (χ0) is 18.5. The van der Waals surface area contributed by atoms with E-state index in [4.69, 9.17) is 4.74 Å². The van der Waals surface area contributed by atoms with Gasteiger partial charge in [-0.1, -0.05) is 24.3 Å². The summed E-state index contributed by atoms with van der Waals surface area (Å²) in [5.41, 5.74) is 1.65. The molecule has 1 atom stereocenters. The van der Waals surface area contributed by atoms with Gasteiger partial charge in [0.05, 0.1) is 19.1 Å². The number of amides is 2. The summed E-state index contributed by atoms with van der Waals surface area (Å²) in [5.74, 6) is -0.837. The highest BCUT2D eigenvalue weighted by Gasteiger charge is 2.34. The minimum Gasteiger partial charge on any atom is -0.465 e. The number of esters is 1. The van der Waals surface area contributed by atoms with Crippen molar-refractivity contribution in [2.24, 2.45) is 0 Å². The van der Waals surface area contributed by atoms with Crippen molar-refractivity contribution in [2.75, 3.05) is 13.2 Å². The zero-order valence-electron chi connectivity index (χ0n) is 14.4. The molecule has 26 heavy (non-hydrogen) atoms. The SMILES string of the molecule is CCOC(=O)CNC(=O)C[C@H](c1cccs1)N1Cc2ccccc2C1=O. The Labute approximate surface area is 155 Å². The minimum absolute atomic E-state index is 0.0720. The molecular formula is C19H20N2O4S. The van der Waals surface area contributed by atoms with Crippen LogP contribution in [-0.4, -0.2) is 35.8 Å². The molecule has 2 amide bonds. The number of benzene rings is 1. The van der Waals surface area contributed by atoms with Gasteiger partial charge < -0.3 is 15.0 Å². The third kappa shape index (κ3) is 3.94. The van der Waals surface area contributed by atoms with Gasteiger partial charge in [0.2, 0.25) is 5.91 Å². The largest absolute Gasteiger partial charge is 0.465 e. The summed E-state index contributed by atoms with van der Waals surface area (Å²) >= 11 is 1.51. The molecular weight excluding hydrogens is 352 g/mol. The molecule has 0 aliphatic carbocycles. The van der Waals surface area contributed by atoms with Crippen molar-refractivity contribution in [3.63, 3.8) is 0 Å². The normalized spacial score (nSPS) is 14.0. The summed E-state index contributed by atoms with van der Waals surface area (Å²) in [6.07, 6.45) is 0.0969. The Kier molecular flexibility index (Phi) is 5.68. The fourth-order valence-corrected chi connectivity index (χ4v) is 3.84. The Morgan fingerprint density at radius 3 is 2.77 bits per heavy atom. The van der Waals surface area contributed by atoms with E-state index >= 15 is 0 Å². The molecule has 136 valence electrons. The lowest BCUT2D eigenvalue weighted by Gasteiger charge is -2.26. The number of nitrogens with zero attached hydrogens (tertiary/aromatic N) is 1. The smallest absolute Gasteiger partial charge is 0.325 e. The van der Waals surface area contributed by atoms with Crippen LogP contribution in [0.25, 0.3) is 0 Å². The summed E-state index contributed by atoms with van der Waals surface area (Å²) in [4.78, 5) is 39.2.